The van der Waals surface area contributed by atoms with E-state index in [1.807, 2.05) is 11.8 Å². The minimum atomic E-state index is -0.404. The number of nitro groups is 1. The predicted molar refractivity (Wildman–Crippen MR) is 84.3 cm³/mol. The summed E-state index contributed by atoms with van der Waals surface area (Å²) in [6, 6.07) is 0.164. The summed E-state index contributed by atoms with van der Waals surface area (Å²) in [6.45, 7) is 5.19. The molecule has 2 heterocycles. The van der Waals surface area contributed by atoms with E-state index in [1.54, 1.807) is 7.11 Å². The van der Waals surface area contributed by atoms with Gasteiger partial charge in [0.05, 0.1) is 11.5 Å². The van der Waals surface area contributed by atoms with Crippen molar-refractivity contribution in [2.24, 2.45) is 0 Å². The third kappa shape index (κ3) is 3.62. The minimum Gasteiger partial charge on any atom is -0.383 e. The molecular weight excluding hydrogens is 286 g/mol. The average Bonchev–Trinajstić information content (AvgIpc) is 2.47. The van der Waals surface area contributed by atoms with Crippen LogP contribution in [0.15, 0.2) is 6.33 Å². The van der Waals surface area contributed by atoms with Gasteiger partial charge in [-0.1, -0.05) is 0 Å². The second-order valence-electron chi connectivity index (χ2n) is 5.69. The molecule has 22 heavy (non-hydrogen) atoms. The molecule has 1 fully saturated rings. The molecule has 1 N–H and O–H groups in total. The second-order valence-corrected chi connectivity index (χ2v) is 5.69. The van der Waals surface area contributed by atoms with Gasteiger partial charge in [0.15, 0.2) is 0 Å². The molecule has 0 spiro atoms. The zero-order valence-electron chi connectivity index (χ0n) is 13.3. The third-order valence-corrected chi connectivity index (χ3v) is 3.86. The number of hydrogen-bond acceptors (Lipinski definition) is 7. The van der Waals surface area contributed by atoms with Crippen molar-refractivity contribution in [3.8, 4) is 0 Å². The maximum Gasteiger partial charge on any atom is 0.353 e. The average molecular weight is 309 g/mol. The van der Waals surface area contributed by atoms with Crippen molar-refractivity contribution in [3.05, 3.63) is 16.4 Å². The van der Waals surface area contributed by atoms with Crippen LogP contribution in [0.4, 0.5) is 17.3 Å². The van der Waals surface area contributed by atoms with Gasteiger partial charge in [0.2, 0.25) is 11.6 Å². The van der Waals surface area contributed by atoms with Crippen LogP contribution in [0.2, 0.25) is 0 Å². The van der Waals surface area contributed by atoms with Crippen LogP contribution >= 0.6 is 0 Å². The van der Waals surface area contributed by atoms with Crippen molar-refractivity contribution in [3.63, 3.8) is 0 Å². The molecule has 1 saturated heterocycles. The Morgan fingerprint density at radius 1 is 1.55 bits per heavy atom. The van der Waals surface area contributed by atoms with Crippen molar-refractivity contribution in [1.82, 2.24) is 9.97 Å². The number of piperidine rings is 1. The van der Waals surface area contributed by atoms with Gasteiger partial charge in [0.25, 0.3) is 0 Å². The van der Waals surface area contributed by atoms with Gasteiger partial charge in [0.1, 0.15) is 6.33 Å². The van der Waals surface area contributed by atoms with Crippen LogP contribution in [-0.2, 0) is 4.74 Å². The first-order valence-corrected chi connectivity index (χ1v) is 7.56. The number of anilines is 2. The topological polar surface area (TPSA) is 93.4 Å². The monoisotopic (exact) mass is 309 g/mol. The van der Waals surface area contributed by atoms with E-state index in [9.17, 15) is 10.1 Å². The van der Waals surface area contributed by atoms with Gasteiger partial charge in [0, 0.05) is 25.7 Å². The van der Waals surface area contributed by atoms with Crippen molar-refractivity contribution >= 4 is 17.3 Å². The van der Waals surface area contributed by atoms with Crippen molar-refractivity contribution in [1.29, 1.82) is 0 Å². The molecular formula is C14H23N5O3. The molecule has 8 heteroatoms. The Morgan fingerprint density at radius 2 is 2.32 bits per heavy atom. The highest BCUT2D eigenvalue weighted by molar-refractivity contribution is 5.70. The number of ether oxygens (including phenoxy) is 1. The van der Waals surface area contributed by atoms with E-state index in [0.717, 1.165) is 25.8 Å². The number of nitrogens with one attached hydrogen (secondary N) is 1. The zero-order chi connectivity index (χ0) is 16.1. The van der Waals surface area contributed by atoms with Gasteiger partial charge < -0.3 is 15.0 Å². The van der Waals surface area contributed by atoms with Crippen LogP contribution in [0.25, 0.3) is 0 Å². The number of rotatable bonds is 6. The van der Waals surface area contributed by atoms with E-state index in [1.165, 1.54) is 6.33 Å². The lowest BCUT2D eigenvalue weighted by atomic mass is 10.0. The quantitative estimate of drug-likeness (QED) is 0.636. The molecule has 0 bridgehead atoms. The summed E-state index contributed by atoms with van der Waals surface area (Å²) < 4.78 is 5.05. The molecule has 1 aliphatic heterocycles. The standard InChI is InChI=1S/C14H23N5O3/c1-10(8-22-3)17-13-12(19(20)21)14(16-9-15-13)18-7-5-4-6-11(18)2/h9-11H,4-8H2,1-3H3,(H,15,16,17). The maximum absolute atomic E-state index is 11.6. The van der Waals surface area contributed by atoms with Gasteiger partial charge in [-0.3, -0.25) is 10.1 Å². The first-order valence-electron chi connectivity index (χ1n) is 7.56. The lowest BCUT2D eigenvalue weighted by molar-refractivity contribution is -0.383. The SMILES string of the molecule is COCC(C)Nc1ncnc(N2CCCCC2C)c1[N+](=O)[O-]. The van der Waals surface area contributed by atoms with E-state index in [4.69, 9.17) is 4.74 Å². The van der Waals surface area contributed by atoms with E-state index in [0.29, 0.717) is 12.4 Å². The molecule has 2 unspecified atom stereocenters. The number of methoxy groups -OCH3 is 1. The highest BCUT2D eigenvalue weighted by atomic mass is 16.6. The van der Waals surface area contributed by atoms with Gasteiger partial charge in [-0.2, -0.15) is 0 Å². The van der Waals surface area contributed by atoms with Gasteiger partial charge in [-0.15, -0.1) is 0 Å². The number of nitrogens with zero attached hydrogens (tertiary/aromatic N) is 4. The summed E-state index contributed by atoms with van der Waals surface area (Å²) in [6.07, 6.45) is 4.57. The van der Waals surface area contributed by atoms with Crippen LogP contribution < -0.4 is 10.2 Å². The van der Waals surface area contributed by atoms with Crippen molar-refractivity contribution < 1.29 is 9.66 Å². The molecule has 8 nitrogen and oxygen atoms in total. The number of hydrogen-bond donors (Lipinski definition) is 1. The Labute approximate surface area is 130 Å². The Kier molecular flexibility index (Phi) is 5.48. The van der Waals surface area contributed by atoms with Crippen LogP contribution in [0.5, 0.6) is 0 Å². The fraction of sp³-hybridized carbons (Fsp3) is 0.714. The fourth-order valence-electron chi connectivity index (χ4n) is 2.79. The summed E-state index contributed by atoms with van der Waals surface area (Å²) in [7, 11) is 1.59. The van der Waals surface area contributed by atoms with E-state index in [2.05, 4.69) is 22.2 Å². The second kappa shape index (κ2) is 7.35. The molecule has 0 radical (unpaired) electrons. The van der Waals surface area contributed by atoms with Crippen molar-refractivity contribution in [2.75, 3.05) is 30.5 Å². The largest absolute Gasteiger partial charge is 0.383 e. The van der Waals surface area contributed by atoms with Gasteiger partial charge >= 0.3 is 5.69 Å². The molecule has 0 aliphatic carbocycles. The maximum atomic E-state index is 11.6. The highest BCUT2D eigenvalue weighted by Gasteiger charge is 2.31. The third-order valence-electron chi connectivity index (χ3n) is 3.86. The molecule has 0 amide bonds. The first-order chi connectivity index (χ1) is 10.5. The molecule has 0 saturated carbocycles. The van der Waals surface area contributed by atoms with Gasteiger partial charge in [-0.05, 0) is 33.1 Å². The normalized spacial score (nSPS) is 19.8. The van der Waals surface area contributed by atoms with E-state index in [-0.39, 0.29) is 23.6 Å². The summed E-state index contributed by atoms with van der Waals surface area (Å²) in [5.41, 5.74) is -0.0563. The lowest BCUT2D eigenvalue weighted by Gasteiger charge is -2.34. The molecule has 1 aromatic heterocycles. The molecule has 0 aromatic carbocycles. The van der Waals surface area contributed by atoms with E-state index >= 15 is 0 Å². The Balaban J connectivity index is 2.35. The van der Waals surface area contributed by atoms with Gasteiger partial charge in [-0.25, -0.2) is 9.97 Å². The van der Waals surface area contributed by atoms with Crippen LogP contribution in [0, 0.1) is 10.1 Å². The van der Waals surface area contributed by atoms with Crippen molar-refractivity contribution in [2.45, 2.75) is 45.2 Å². The minimum absolute atomic E-state index is 0.0563. The smallest absolute Gasteiger partial charge is 0.353 e. The molecule has 122 valence electrons. The fourth-order valence-corrected chi connectivity index (χ4v) is 2.79. The summed E-state index contributed by atoms with van der Waals surface area (Å²) in [4.78, 5) is 21.4. The highest BCUT2D eigenvalue weighted by Crippen LogP contribution is 2.35. The molecule has 1 aliphatic rings. The first kappa shape index (κ1) is 16.4. The Morgan fingerprint density at radius 3 is 2.95 bits per heavy atom. The summed E-state index contributed by atoms with van der Waals surface area (Å²) >= 11 is 0. The Hall–Kier alpha value is -1.96. The molecule has 2 rings (SSSR count). The number of aromatic nitrogens is 2. The predicted octanol–water partition coefficient (Wildman–Crippen LogP) is 2.21. The molecule has 1 aromatic rings. The van der Waals surface area contributed by atoms with Crippen LogP contribution in [0.3, 0.4) is 0 Å². The van der Waals surface area contributed by atoms with E-state index < -0.39 is 4.92 Å². The summed E-state index contributed by atoms with van der Waals surface area (Å²) in [5, 5.41) is 14.6. The van der Waals surface area contributed by atoms with Crippen LogP contribution in [0.1, 0.15) is 33.1 Å². The molecule has 2 atom stereocenters. The van der Waals surface area contributed by atoms with Crippen LogP contribution in [-0.4, -0.2) is 47.2 Å². The lowest BCUT2D eigenvalue weighted by Crippen LogP contribution is -2.38. The Bertz CT molecular complexity index is 525. The zero-order valence-corrected chi connectivity index (χ0v) is 13.3. The summed E-state index contributed by atoms with van der Waals surface area (Å²) in [5.74, 6) is 0.650.